The number of ether oxygens (including phenoxy) is 1. The zero-order valence-electron chi connectivity index (χ0n) is 72.9. The minimum absolute atomic E-state index is 0.0639. The van der Waals surface area contributed by atoms with Crippen LogP contribution in [0.1, 0.15) is 242 Å². The van der Waals surface area contributed by atoms with Crippen molar-refractivity contribution in [1.82, 2.24) is 39.9 Å². The molecular weight excluding hydrogens is 1540 g/mol. The number of carbonyl (C=O) groups excluding carboxylic acids is 1. The molecule has 8 atom stereocenters. The molecule has 0 aliphatic heterocycles. The lowest BCUT2D eigenvalue weighted by Crippen LogP contribution is -2.37. The average molecular weight is 1660 g/mol. The molecule has 4 fully saturated rings. The highest BCUT2D eigenvalue weighted by Gasteiger charge is 2.39. The summed E-state index contributed by atoms with van der Waals surface area (Å²) in [6, 6.07) is 40.7. The molecule has 8 aromatic rings. The third-order valence-corrected chi connectivity index (χ3v) is 25.1. The summed E-state index contributed by atoms with van der Waals surface area (Å²) < 4.78 is 31.2. The minimum Gasteiger partial charge on any atom is -0.508 e. The van der Waals surface area contributed by atoms with E-state index in [2.05, 4.69) is 167 Å². The minimum atomic E-state index is -2.88. The van der Waals surface area contributed by atoms with E-state index in [1.54, 1.807) is 55.1 Å². The molecule has 4 heterocycles. The van der Waals surface area contributed by atoms with Crippen LogP contribution in [0.4, 0.5) is 32.6 Å². The molecule has 4 aliphatic rings. The second-order valence-corrected chi connectivity index (χ2v) is 36.5. The predicted octanol–water partition coefficient (Wildman–Crippen LogP) is 18.0. The maximum atomic E-state index is 13.0. The normalized spacial score (nSPS) is 20.3. The maximum absolute atomic E-state index is 13.0. The van der Waals surface area contributed by atoms with Crippen molar-refractivity contribution in [2.75, 3.05) is 54.1 Å². The third kappa shape index (κ3) is 28.5. The van der Waals surface area contributed by atoms with Crippen LogP contribution in [-0.4, -0.2) is 112 Å². The lowest BCUT2D eigenvalue weighted by molar-refractivity contribution is -0.0230. The summed E-state index contributed by atoms with van der Waals surface area (Å²) in [6.45, 7) is 28.6. The van der Waals surface area contributed by atoms with Crippen molar-refractivity contribution in [2.45, 2.75) is 223 Å². The van der Waals surface area contributed by atoms with E-state index >= 15 is 0 Å². The van der Waals surface area contributed by atoms with E-state index in [1.807, 2.05) is 66.7 Å². The van der Waals surface area contributed by atoms with Gasteiger partial charge in [-0.1, -0.05) is 143 Å². The van der Waals surface area contributed by atoms with Crippen LogP contribution in [0.15, 0.2) is 128 Å². The number of amides is 1. The first-order valence-electron chi connectivity index (χ1n) is 42.8. The van der Waals surface area contributed by atoms with Gasteiger partial charge in [0, 0.05) is 44.2 Å². The molecule has 1 amide bonds. The number of nitrogens with one attached hydrogen (secondary N) is 4. The molecule has 0 bridgehead atoms. The molecule has 122 heavy (non-hydrogen) atoms. The van der Waals surface area contributed by atoms with Gasteiger partial charge in [-0.3, -0.25) is 4.79 Å². The van der Waals surface area contributed by atoms with Gasteiger partial charge in [0.25, 0.3) is 5.92 Å². The quantitative estimate of drug-likeness (QED) is 0.0202. The number of anilines is 4. The molecule has 0 spiro atoms. The summed E-state index contributed by atoms with van der Waals surface area (Å²) in [6.07, 6.45) is 24.1. The number of nitriles is 5. The highest BCUT2D eigenvalue weighted by molar-refractivity contribution is 5.92. The average Bonchev–Trinajstić information content (AvgIpc) is 0.825. The van der Waals surface area contributed by atoms with Crippen LogP contribution in [0.3, 0.4) is 0 Å². The van der Waals surface area contributed by atoms with Gasteiger partial charge in [0.2, 0.25) is 29.7 Å². The fourth-order valence-corrected chi connectivity index (χ4v) is 17.0. The van der Waals surface area contributed by atoms with Crippen molar-refractivity contribution in [3.63, 3.8) is 0 Å². The Morgan fingerprint density at radius 1 is 0.475 bits per heavy atom. The number of hydrogen-bond donors (Lipinski definition) is 8. The molecule has 4 aliphatic carbocycles. The lowest BCUT2D eigenvalue weighted by atomic mass is 9.65. The Bertz CT molecular complexity index is 4880. The van der Waals surface area contributed by atoms with E-state index in [9.17, 15) is 55.2 Å². The van der Waals surface area contributed by atoms with E-state index in [1.165, 1.54) is 25.7 Å². The Kier molecular flexibility index (Phi) is 33.8. The van der Waals surface area contributed by atoms with Crippen LogP contribution in [0.2, 0.25) is 0 Å². The largest absolute Gasteiger partial charge is 0.508 e. The summed E-state index contributed by atoms with van der Waals surface area (Å²) in [5.74, 6) is 2.58. The van der Waals surface area contributed by atoms with Gasteiger partial charge in [0.1, 0.15) is 35.8 Å². The molecule has 0 saturated heterocycles. The van der Waals surface area contributed by atoms with Crippen LogP contribution < -0.4 is 31.7 Å². The standard InChI is InChI=1S/C25H32F2N4O2.C24H31N5O.C24H29N5.C24H30N4O2/c1-24(2)13-18(7-8-22(24)32)12-21-19(14-28)15-30-23(31-21)29-10-9-17-5-4-6-20(11-17)33-16-25(3,26)27;1-16-4-5-18(13-24(16,2)3)12-21-20(14-25)15-28-23(29-21)27-11-10-17-6-8-19(9-7-17)22(26)30;1-17-8-9-18(13-24(17,2)3)12-22-21(15-26)16-28-23(29-22)27-11-10-19-6-4-5-7-20(19)14-25;1-16(29)19-7-4-17(5-8-19)10-11-26-23-27-15-20(14-25)21(28-23)12-18-6-9-22(30)24(2,3)13-18/h4-6,11,15,18,22,32H,7-10,12-13,16H2,1-3H3,(H,29,30,31);6-9,15-16,18H,4-5,10-13H2,1-3H3,(H2,26,30)(H,27,28,29);4-7,16-18H,8-13H2,1-3H3,(H,27,28,29);4-5,7-8,15,18,22,29-30H,1,6,9-13H2,2-3H3,(H,26,27,28)/t18-,22-;16-,18-;17-,18-;18-,22-/m0000/s1. The van der Waals surface area contributed by atoms with E-state index in [0.717, 1.165) is 154 Å². The SMILES string of the molecule is C=C(O)c1ccc(CCNc2ncc(C#N)c(C[C@@H]3CC[C@H](O)C(C)(C)C3)n2)cc1.CC(F)(F)COc1cccc(CCNc2ncc(C#N)c(C[C@@H]3CC[C@H](O)C(C)(C)C3)n2)c1.C[C@H]1CC[C@@H](Cc2nc(NCCc3ccc(C(N)=O)cc3)ncc2C#N)CC1(C)C.C[C@H]1CC[C@@H](Cc2nc(NCCc3ccccc3C#N)ncc2C#N)CC1(C)C. The number of alkyl halides is 2. The van der Waals surface area contributed by atoms with E-state index in [0.29, 0.717) is 142 Å². The molecule has 644 valence electrons. The molecule has 4 saturated carbocycles. The predicted molar refractivity (Wildman–Crippen MR) is 472 cm³/mol. The van der Waals surface area contributed by atoms with Gasteiger partial charge in [0.05, 0.1) is 93.7 Å². The molecule has 0 unspecified atom stereocenters. The number of halogens is 2. The number of rotatable bonds is 29. The number of aromatic nitrogens is 8. The third-order valence-electron chi connectivity index (χ3n) is 25.1. The first kappa shape index (κ1) is 94.3. The van der Waals surface area contributed by atoms with Crippen LogP contribution >= 0.6 is 0 Å². The van der Waals surface area contributed by atoms with Gasteiger partial charge in [-0.25, -0.2) is 48.7 Å². The van der Waals surface area contributed by atoms with Gasteiger partial charge in [0.15, 0.2) is 6.61 Å². The van der Waals surface area contributed by atoms with Crippen molar-refractivity contribution in [1.29, 1.82) is 26.3 Å². The second kappa shape index (κ2) is 43.8. The van der Waals surface area contributed by atoms with Crippen molar-refractivity contribution in [3.8, 4) is 36.1 Å². The van der Waals surface area contributed by atoms with Crippen LogP contribution in [-0.2, 0) is 51.4 Å². The topological polar surface area (TPSA) is 383 Å². The number of benzene rings is 4. The summed E-state index contributed by atoms with van der Waals surface area (Å²) in [5.41, 5.74) is 17.1. The fourth-order valence-electron chi connectivity index (χ4n) is 17.0. The van der Waals surface area contributed by atoms with E-state index < -0.39 is 18.4 Å². The van der Waals surface area contributed by atoms with Crippen molar-refractivity contribution >= 4 is 35.5 Å². The number of primary amides is 1. The Morgan fingerprint density at radius 3 is 1.16 bits per heavy atom. The smallest absolute Gasteiger partial charge is 0.278 e. The highest BCUT2D eigenvalue weighted by Crippen LogP contribution is 2.47. The summed E-state index contributed by atoms with van der Waals surface area (Å²) >= 11 is 0. The zero-order chi connectivity index (χ0) is 88.4. The maximum Gasteiger partial charge on any atom is 0.278 e. The molecule has 12 rings (SSSR count). The second-order valence-electron chi connectivity index (χ2n) is 36.5. The molecule has 0 radical (unpaired) electrons. The first-order chi connectivity index (χ1) is 58.0. The fraction of sp³-hybridized carbons (Fsp3) is 0.505. The van der Waals surface area contributed by atoms with Gasteiger partial charge in [-0.2, -0.15) is 26.3 Å². The van der Waals surface area contributed by atoms with Gasteiger partial charge in [-0.05, 0) is 238 Å². The lowest BCUT2D eigenvalue weighted by Gasteiger charge is -2.41. The van der Waals surface area contributed by atoms with Crippen LogP contribution in [0, 0.1) is 114 Å². The Balaban J connectivity index is 0.000000185. The van der Waals surface area contributed by atoms with Crippen LogP contribution in [0.25, 0.3) is 5.76 Å². The zero-order valence-corrected chi connectivity index (χ0v) is 72.9. The van der Waals surface area contributed by atoms with Crippen molar-refractivity contribution in [3.05, 3.63) is 212 Å². The molecule has 9 N–H and O–H groups in total. The Hall–Kier alpha value is -11.6. The van der Waals surface area contributed by atoms with Crippen molar-refractivity contribution in [2.24, 2.45) is 62.9 Å². The van der Waals surface area contributed by atoms with Gasteiger partial charge < -0.3 is 47.1 Å². The highest BCUT2D eigenvalue weighted by atomic mass is 19.3. The molecule has 4 aromatic carbocycles. The number of carbonyl (C=O) groups is 1. The summed E-state index contributed by atoms with van der Waals surface area (Å²) in [7, 11) is 0. The number of nitrogens with zero attached hydrogens (tertiary/aromatic N) is 13. The Labute approximate surface area is 719 Å². The summed E-state index contributed by atoms with van der Waals surface area (Å²) in [4.78, 5) is 46.9. The molecular formula is C97H122F2N18O5. The number of hydrogen-bond acceptors (Lipinski definition) is 22. The monoisotopic (exact) mass is 1660 g/mol. The number of nitrogens with two attached hydrogens (primary N) is 1. The number of aliphatic hydroxyl groups excluding tert-OH is 3. The van der Waals surface area contributed by atoms with Gasteiger partial charge >= 0.3 is 0 Å². The first-order valence-corrected chi connectivity index (χ1v) is 42.8. The Morgan fingerprint density at radius 2 is 0.820 bits per heavy atom. The van der Waals surface area contributed by atoms with Crippen molar-refractivity contribution < 1.29 is 33.6 Å². The van der Waals surface area contributed by atoms with Gasteiger partial charge in [-0.15, -0.1) is 0 Å². The van der Waals surface area contributed by atoms with E-state index in [-0.39, 0.29) is 28.8 Å². The molecule has 25 heteroatoms. The molecule has 23 nitrogen and oxygen atoms in total. The van der Waals surface area contributed by atoms with Crippen LogP contribution in [0.5, 0.6) is 5.75 Å². The van der Waals surface area contributed by atoms with E-state index in [4.69, 9.17) is 10.5 Å². The number of aliphatic hydroxyl groups is 3. The molecule has 4 aromatic heterocycles. The summed E-state index contributed by atoms with van der Waals surface area (Å²) in [5, 5.41) is 89.9.